The van der Waals surface area contributed by atoms with Crippen LogP contribution in [0, 0.1) is 6.92 Å². The van der Waals surface area contributed by atoms with Crippen molar-refractivity contribution in [1.29, 1.82) is 0 Å². The van der Waals surface area contributed by atoms with Crippen LogP contribution in [0.5, 0.6) is 0 Å². The highest BCUT2D eigenvalue weighted by molar-refractivity contribution is 5.93. The van der Waals surface area contributed by atoms with E-state index in [9.17, 15) is 0 Å². The minimum atomic E-state index is 0.680. The van der Waals surface area contributed by atoms with Gasteiger partial charge in [-0.3, -0.25) is 4.40 Å². The maximum absolute atomic E-state index is 4.44. The Balaban J connectivity index is 2.47. The monoisotopic (exact) mass is 224 g/mol. The van der Waals surface area contributed by atoms with Crippen molar-refractivity contribution in [3.05, 3.63) is 36.4 Å². The Kier molecular flexibility index (Phi) is 1.42. The number of rotatable bonds is 0. The molecule has 0 atom stereocenters. The van der Waals surface area contributed by atoms with E-state index in [0.717, 1.165) is 22.4 Å². The molecule has 0 N–H and O–H groups in total. The number of aromatic nitrogens is 6. The van der Waals surface area contributed by atoms with Gasteiger partial charge in [-0.15, -0.1) is 15.3 Å². The van der Waals surface area contributed by atoms with Gasteiger partial charge >= 0.3 is 0 Å². The van der Waals surface area contributed by atoms with Gasteiger partial charge in [0.1, 0.15) is 12.2 Å². The molecule has 1 aromatic carbocycles. The second-order valence-corrected chi connectivity index (χ2v) is 3.91. The van der Waals surface area contributed by atoms with E-state index in [-0.39, 0.29) is 0 Å². The molecule has 0 radical (unpaired) electrons. The Morgan fingerprint density at radius 2 is 2.06 bits per heavy atom. The second kappa shape index (κ2) is 2.79. The van der Waals surface area contributed by atoms with Gasteiger partial charge < -0.3 is 0 Å². The summed E-state index contributed by atoms with van der Waals surface area (Å²) in [4.78, 5) is 4.44. The van der Waals surface area contributed by atoms with Crippen LogP contribution >= 0.6 is 0 Å². The highest BCUT2D eigenvalue weighted by Crippen LogP contribution is 2.20. The zero-order chi connectivity index (χ0) is 11.4. The van der Waals surface area contributed by atoms with Crippen LogP contribution < -0.4 is 0 Å². The fourth-order valence-electron chi connectivity index (χ4n) is 2.14. The Bertz CT molecular complexity index is 856. The Morgan fingerprint density at radius 1 is 1.18 bits per heavy atom. The Hall–Kier alpha value is -2.50. The first-order chi connectivity index (χ1) is 8.34. The maximum atomic E-state index is 4.44. The molecule has 0 unspecified atom stereocenters. The molecule has 6 nitrogen and oxygen atoms in total. The van der Waals surface area contributed by atoms with Gasteiger partial charge in [0.15, 0.2) is 5.65 Å². The third-order valence-electron chi connectivity index (χ3n) is 2.84. The van der Waals surface area contributed by atoms with Crippen LogP contribution in [0.4, 0.5) is 0 Å². The topological polar surface area (TPSA) is 60.4 Å². The highest BCUT2D eigenvalue weighted by atomic mass is 15.4. The number of aryl methyl sites for hydroxylation is 1. The first-order valence-corrected chi connectivity index (χ1v) is 5.28. The zero-order valence-corrected chi connectivity index (χ0v) is 9.07. The molecule has 6 heteroatoms. The van der Waals surface area contributed by atoms with Crippen LogP contribution in [-0.4, -0.2) is 29.2 Å². The van der Waals surface area contributed by atoms with Gasteiger partial charge in [-0.25, -0.2) is 4.98 Å². The summed E-state index contributed by atoms with van der Waals surface area (Å²) in [6, 6.07) is 8.03. The largest absolute Gasteiger partial charge is 0.265 e. The molecule has 0 aliphatic carbocycles. The summed E-state index contributed by atoms with van der Waals surface area (Å²) in [5.41, 5.74) is 1.85. The lowest BCUT2D eigenvalue weighted by atomic mass is 10.2. The van der Waals surface area contributed by atoms with Crippen LogP contribution in [0.3, 0.4) is 0 Å². The van der Waals surface area contributed by atoms with E-state index in [4.69, 9.17) is 0 Å². The molecule has 0 saturated heterocycles. The molecule has 0 amide bonds. The fourth-order valence-corrected chi connectivity index (χ4v) is 2.14. The summed E-state index contributed by atoms with van der Waals surface area (Å²) in [5, 5.41) is 13.4. The third-order valence-corrected chi connectivity index (χ3v) is 2.84. The molecule has 0 fully saturated rings. The lowest BCUT2D eigenvalue weighted by Crippen LogP contribution is -1.98. The van der Waals surface area contributed by atoms with Crippen LogP contribution in [-0.2, 0) is 0 Å². The van der Waals surface area contributed by atoms with E-state index in [1.165, 1.54) is 0 Å². The van der Waals surface area contributed by atoms with Crippen molar-refractivity contribution in [3.63, 3.8) is 0 Å². The van der Waals surface area contributed by atoms with Gasteiger partial charge in [0.05, 0.1) is 5.52 Å². The quantitative estimate of drug-likeness (QED) is 0.451. The van der Waals surface area contributed by atoms with Crippen LogP contribution in [0.15, 0.2) is 30.6 Å². The number of para-hydroxylation sites is 1. The molecule has 0 spiro atoms. The Morgan fingerprint density at radius 3 is 3.00 bits per heavy atom. The van der Waals surface area contributed by atoms with Gasteiger partial charge in [0.25, 0.3) is 5.78 Å². The molecule has 82 valence electrons. The molecule has 4 aromatic rings. The summed E-state index contributed by atoms with van der Waals surface area (Å²) < 4.78 is 3.64. The van der Waals surface area contributed by atoms with E-state index in [1.54, 1.807) is 10.8 Å². The maximum Gasteiger partial charge on any atom is 0.258 e. The van der Waals surface area contributed by atoms with E-state index < -0.39 is 0 Å². The minimum absolute atomic E-state index is 0.680. The molecule has 3 aromatic heterocycles. The molecule has 0 bridgehead atoms. The molecular weight excluding hydrogens is 216 g/mol. The average Bonchev–Trinajstić information content (AvgIpc) is 2.94. The van der Waals surface area contributed by atoms with Crippen molar-refractivity contribution in [2.24, 2.45) is 0 Å². The van der Waals surface area contributed by atoms with Crippen molar-refractivity contribution in [2.45, 2.75) is 6.92 Å². The standard InChI is InChI=1S/C11H8N6/c1-7-13-10-8-4-2-3-5-9(8)16-6-12-14-11(16)17(10)15-7/h2-6H,1H3. The van der Waals surface area contributed by atoms with Crippen molar-refractivity contribution in [2.75, 3.05) is 0 Å². The molecule has 17 heavy (non-hydrogen) atoms. The predicted octanol–water partition coefficient (Wildman–Crippen LogP) is 1.23. The van der Waals surface area contributed by atoms with Crippen molar-refractivity contribution in [1.82, 2.24) is 29.2 Å². The molecule has 0 aliphatic heterocycles. The normalized spacial score (nSPS) is 11.8. The number of hydrogen-bond acceptors (Lipinski definition) is 4. The molecule has 0 saturated carbocycles. The lowest BCUT2D eigenvalue weighted by Gasteiger charge is -2.02. The van der Waals surface area contributed by atoms with E-state index in [1.807, 2.05) is 35.6 Å². The van der Waals surface area contributed by atoms with Crippen molar-refractivity contribution < 1.29 is 0 Å². The van der Waals surface area contributed by atoms with Crippen molar-refractivity contribution >= 4 is 22.3 Å². The molecule has 3 heterocycles. The molecular formula is C11H8N6. The van der Waals surface area contributed by atoms with Crippen molar-refractivity contribution in [3.8, 4) is 0 Å². The summed E-state index contributed by atoms with van der Waals surface area (Å²) in [6.07, 6.45) is 1.69. The van der Waals surface area contributed by atoms with Gasteiger partial charge in [0.2, 0.25) is 0 Å². The Labute approximate surface area is 95.5 Å². The van der Waals surface area contributed by atoms with Gasteiger partial charge in [0, 0.05) is 5.39 Å². The summed E-state index contributed by atoms with van der Waals surface area (Å²) in [6.45, 7) is 1.87. The number of hydrogen-bond donors (Lipinski definition) is 0. The second-order valence-electron chi connectivity index (χ2n) is 3.91. The average molecular weight is 224 g/mol. The molecule has 4 rings (SSSR count). The summed E-state index contributed by atoms with van der Waals surface area (Å²) in [5.74, 6) is 1.41. The van der Waals surface area contributed by atoms with Gasteiger partial charge in [-0.05, 0) is 19.1 Å². The summed E-state index contributed by atoms with van der Waals surface area (Å²) >= 11 is 0. The SMILES string of the molecule is Cc1nc2c3ccccc3n3cnnc3n2n1. The fraction of sp³-hybridized carbons (Fsp3) is 0.0909. The predicted molar refractivity (Wildman–Crippen MR) is 61.8 cm³/mol. The number of fused-ring (bicyclic) bond motifs is 6. The van der Waals surface area contributed by atoms with E-state index in [0.29, 0.717) is 5.78 Å². The third kappa shape index (κ3) is 0.988. The zero-order valence-electron chi connectivity index (χ0n) is 9.07. The number of nitrogens with zero attached hydrogens (tertiary/aromatic N) is 6. The highest BCUT2D eigenvalue weighted by Gasteiger charge is 2.11. The first-order valence-electron chi connectivity index (χ1n) is 5.28. The van der Waals surface area contributed by atoms with Gasteiger partial charge in [-0.1, -0.05) is 12.1 Å². The van der Waals surface area contributed by atoms with Crippen LogP contribution in [0.25, 0.3) is 22.3 Å². The van der Waals surface area contributed by atoms with Crippen LogP contribution in [0.1, 0.15) is 5.82 Å². The van der Waals surface area contributed by atoms with E-state index >= 15 is 0 Å². The molecule has 0 aliphatic rings. The van der Waals surface area contributed by atoms with Gasteiger partial charge in [-0.2, -0.15) is 4.52 Å². The first kappa shape index (κ1) is 8.63. The smallest absolute Gasteiger partial charge is 0.258 e. The van der Waals surface area contributed by atoms with Crippen LogP contribution in [0.2, 0.25) is 0 Å². The lowest BCUT2D eigenvalue weighted by molar-refractivity contribution is 0.918. The number of benzene rings is 1. The summed E-state index contributed by atoms with van der Waals surface area (Å²) in [7, 11) is 0. The minimum Gasteiger partial charge on any atom is -0.265 e. The van der Waals surface area contributed by atoms with E-state index in [2.05, 4.69) is 20.3 Å².